The summed E-state index contributed by atoms with van der Waals surface area (Å²) in [4.78, 5) is 24.1. The highest BCUT2D eigenvalue weighted by Crippen LogP contribution is 2.34. The molecule has 0 radical (unpaired) electrons. The van der Waals surface area contributed by atoms with Crippen LogP contribution in [0.5, 0.6) is 0 Å². The summed E-state index contributed by atoms with van der Waals surface area (Å²) in [5.41, 5.74) is 2.82. The number of carbonyl (C=O) groups excluding carboxylic acids is 1. The molecule has 3 rings (SSSR count). The molecule has 0 bridgehead atoms. The first-order chi connectivity index (χ1) is 9.74. The lowest BCUT2D eigenvalue weighted by Crippen LogP contribution is -2.11. The van der Waals surface area contributed by atoms with Gasteiger partial charge in [-0.3, -0.25) is 9.78 Å². The molecule has 0 spiro atoms. The fraction of sp³-hybridized carbons (Fsp3) is 0.0769. The van der Waals surface area contributed by atoms with Crippen molar-refractivity contribution in [3.8, 4) is 10.6 Å². The standard InChI is InChI=1S/C12H7ClN4OS2.CH4/c13-9-12(17-10(18)8-5-19-6-15-8)20-11(16-9)7-2-1-3-14-4-7;/h1-6H,(H,17,18);1H4. The second-order valence-electron chi connectivity index (χ2n) is 3.71. The van der Waals surface area contributed by atoms with Crippen LogP contribution in [0.15, 0.2) is 35.4 Å². The van der Waals surface area contributed by atoms with Crippen molar-refractivity contribution in [3.05, 3.63) is 46.3 Å². The Bertz CT molecular complexity index is 728. The topological polar surface area (TPSA) is 67.8 Å². The fourth-order valence-corrected chi connectivity index (χ4v) is 3.16. The van der Waals surface area contributed by atoms with Crippen molar-refractivity contribution in [2.75, 3.05) is 5.32 Å². The Balaban J connectivity index is 0.00000161. The molecule has 0 saturated heterocycles. The summed E-state index contributed by atoms with van der Waals surface area (Å²) >= 11 is 8.70. The summed E-state index contributed by atoms with van der Waals surface area (Å²) in [6.07, 6.45) is 3.38. The molecule has 0 unspecified atom stereocenters. The normalized spacial score (nSPS) is 9.95. The number of rotatable bonds is 3. The summed E-state index contributed by atoms with van der Waals surface area (Å²) < 4.78 is 0. The molecular weight excluding hydrogens is 328 g/mol. The lowest BCUT2D eigenvalue weighted by molar-refractivity contribution is 0.102. The van der Waals surface area contributed by atoms with E-state index >= 15 is 0 Å². The summed E-state index contributed by atoms with van der Waals surface area (Å²) in [6.45, 7) is 0. The zero-order valence-electron chi connectivity index (χ0n) is 9.91. The van der Waals surface area contributed by atoms with Gasteiger partial charge in [-0.25, -0.2) is 9.97 Å². The van der Waals surface area contributed by atoms with Crippen molar-refractivity contribution in [1.29, 1.82) is 0 Å². The van der Waals surface area contributed by atoms with Crippen molar-refractivity contribution in [2.24, 2.45) is 0 Å². The predicted octanol–water partition coefficient (Wildman–Crippen LogP) is 4.20. The number of pyridine rings is 1. The minimum absolute atomic E-state index is 0. The molecular formula is C13H11ClN4OS2. The number of aromatic nitrogens is 3. The molecule has 0 atom stereocenters. The van der Waals surface area contributed by atoms with Gasteiger partial charge >= 0.3 is 0 Å². The van der Waals surface area contributed by atoms with Crippen LogP contribution in [0.25, 0.3) is 10.6 Å². The second-order valence-corrected chi connectivity index (χ2v) is 5.78. The van der Waals surface area contributed by atoms with Gasteiger partial charge in [-0.05, 0) is 12.1 Å². The van der Waals surface area contributed by atoms with Crippen LogP contribution < -0.4 is 5.32 Å². The van der Waals surface area contributed by atoms with E-state index in [0.29, 0.717) is 15.7 Å². The number of thiazole rings is 2. The molecule has 21 heavy (non-hydrogen) atoms. The van der Waals surface area contributed by atoms with Gasteiger partial charge in [-0.1, -0.05) is 30.4 Å². The Morgan fingerprint density at radius 1 is 1.38 bits per heavy atom. The molecule has 8 heteroatoms. The lowest BCUT2D eigenvalue weighted by atomic mass is 10.3. The molecule has 3 aromatic rings. The van der Waals surface area contributed by atoms with E-state index in [0.717, 1.165) is 5.56 Å². The SMILES string of the molecule is C.O=C(Nc1sc(-c2cccnc2)nc1Cl)c1cscn1. The van der Waals surface area contributed by atoms with Gasteiger partial charge in [0, 0.05) is 23.3 Å². The van der Waals surface area contributed by atoms with Gasteiger partial charge in [-0.2, -0.15) is 0 Å². The van der Waals surface area contributed by atoms with E-state index in [9.17, 15) is 4.79 Å². The van der Waals surface area contributed by atoms with Crippen LogP contribution in [-0.2, 0) is 0 Å². The smallest absolute Gasteiger partial charge is 0.275 e. The number of nitrogens with one attached hydrogen (secondary N) is 1. The Labute approximate surface area is 134 Å². The fourth-order valence-electron chi connectivity index (χ4n) is 1.48. The first kappa shape index (κ1) is 15.6. The van der Waals surface area contributed by atoms with Crippen LogP contribution in [0, 0.1) is 0 Å². The van der Waals surface area contributed by atoms with Crippen molar-refractivity contribution < 1.29 is 4.79 Å². The van der Waals surface area contributed by atoms with Gasteiger partial charge in [0.25, 0.3) is 5.91 Å². The second kappa shape index (κ2) is 6.75. The molecule has 108 valence electrons. The maximum Gasteiger partial charge on any atom is 0.275 e. The van der Waals surface area contributed by atoms with Gasteiger partial charge in [0.1, 0.15) is 15.7 Å². The molecule has 0 fully saturated rings. The van der Waals surface area contributed by atoms with E-state index < -0.39 is 0 Å². The zero-order chi connectivity index (χ0) is 13.9. The van der Waals surface area contributed by atoms with Crippen molar-refractivity contribution in [1.82, 2.24) is 15.0 Å². The van der Waals surface area contributed by atoms with E-state index in [4.69, 9.17) is 11.6 Å². The quantitative estimate of drug-likeness (QED) is 0.777. The third-order valence-corrected chi connectivity index (χ3v) is 4.38. The highest BCUT2D eigenvalue weighted by atomic mass is 35.5. The molecule has 5 nitrogen and oxygen atoms in total. The first-order valence-corrected chi connectivity index (χ1v) is 7.64. The molecule has 1 N–H and O–H groups in total. The lowest BCUT2D eigenvalue weighted by Gasteiger charge is -1.98. The number of nitrogens with zero attached hydrogens (tertiary/aromatic N) is 3. The number of hydrogen-bond donors (Lipinski definition) is 1. The van der Waals surface area contributed by atoms with Crippen molar-refractivity contribution >= 4 is 45.2 Å². The minimum Gasteiger partial charge on any atom is -0.310 e. The Hall–Kier alpha value is -1.83. The number of amides is 1. The van der Waals surface area contributed by atoms with Crippen LogP contribution in [0.3, 0.4) is 0 Å². The molecule has 3 heterocycles. The number of anilines is 1. The van der Waals surface area contributed by atoms with E-state index in [2.05, 4.69) is 20.3 Å². The van der Waals surface area contributed by atoms with E-state index in [-0.39, 0.29) is 18.5 Å². The molecule has 0 aliphatic heterocycles. The van der Waals surface area contributed by atoms with Gasteiger partial charge in [0.2, 0.25) is 0 Å². The molecule has 0 saturated carbocycles. The van der Waals surface area contributed by atoms with Crippen molar-refractivity contribution in [2.45, 2.75) is 7.43 Å². The number of halogens is 1. The maximum absolute atomic E-state index is 11.9. The maximum atomic E-state index is 11.9. The van der Waals surface area contributed by atoms with Gasteiger partial charge in [0.05, 0.1) is 5.51 Å². The number of carbonyl (C=O) groups is 1. The monoisotopic (exact) mass is 338 g/mol. The third kappa shape index (κ3) is 3.44. The first-order valence-electron chi connectivity index (χ1n) is 5.50. The van der Waals surface area contributed by atoms with Crippen LogP contribution in [0.1, 0.15) is 17.9 Å². The van der Waals surface area contributed by atoms with Crippen LogP contribution >= 0.6 is 34.3 Å². The molecule has 3 aromatic heterocycles. The van der Waals surface area contributed by atoms with E-state index in [1.54, 1.807) is 23.3 Å². The summed E-state index contributed by atoms with van der Waals surface area (Å²) in [5.74, 6) is -0.297. The number of hydrogen-bond acceptors (Lipinski definition) is 6. The zero-order valence-corrected chi connectivity index (χ0v) is 12.3. The van der Waals surface area contributed by atoms with E-state index in [1.165, 1.54) is 22.7 Å². The highest BCUT2D eigenvalue weighted by molar-refractivity contribution is 7.19. The Kier molecular flexibility index (Phi) is 5.00. The van der Waals surface area contributed by atoms with E-state index in [1.807, 2.05) is 12.1 Å². The molecule has 0 aromatic carbocycles. The van der Waals surface area contributed by atoms with Gasteiger partial charge in [0.15, 0.2) is 5.15 Å². The molecule has 1 amide bonds. The van der Waals surface area contributed by atoms with Crippen LogP contribution in [0.4, 0.5) is 5.00 Å². The summed E-state index contributed by atoms with van der Waals surface area (Å²) in [6, 6.07) is 3.70. The van der Waals surface area contributed by atoms with Crippen LogP contribution in [-0.4, -0.2) is 20.9 Å². The largest absolute Gasteiger partial charge is 0.310 e. The van der Waals surface area contributed by atoms with Crippen LogP contribution in [0.2, 0.25) is 5.15 Å². The average Bonchev–Trinajstić information content (AvgIpc) is 3.10. The van der Waals surface area contributed by atoms with Gasteiger partial charge in [-0.15, -0.1) is 11.3 Å². The summed E-state index contributed by atoms with van der Waals surface area (Å²) in [5, 5.41) is 5.85. The highest BCUT2D eigenvalue weighted by Gasteiger charge is 2.15. The van der Waals surface area contributed by atoms with Crippen molar-refractivity contribution in [3.63, 3.8) is 0 Å². The minimum atomic E-state index is -0.297. The summed E-state index contributed by atoms with van der Waals surface area (Å²) in [7, 11) is 0. The Morgan fingerprint density at radius 2 is 2.24 bits per heavy atom. The Morgan fingerprint density at radius 3 is 2.90 bits per heavy atom. The third-order valence-electron chi connectivity index (χ3n) is 2.39. The predicted molar refractivity (Wildman–Crippen MR) is 87.2 cm³/mol. The average molecular weight is 339 g/mol. The molecule has 0 aliphatic rings. The van der Waals surface area contributed by atoms with Gasteiger partial charge < -0.3 is 5.32 Å². The molecule has 0 aliphatic carbocycles.